The lowest BCUT2D eigenvalue weighted by Crippen LogP contribution is -2.25. The Bertz CT molecular complexity index is 566. The molecule has 2 rings (SSSR count). The highest BCUT2D eigenvalue weighted by Gasteiger charge is 2.04. The molecule has 0 bridgehead atoms. The van der Waals surface area contributed by atoms with Crippen LogP contribution in [0.3, 0.4) is 0 Å². The van der Waals surface area contributed by atoms with Gasteiger partial charge in [-0.2, -0.15) is 0 Å². The van der Waals surface area contributed by atoms with Crippen LogP contribution in [0.1, 0.15) is 21.5 Å². The van der Waals surface area contributed by atoms with Crippen molar-refractivity contribution in [1.29, 1.82) is 0 Å². The third-order valence-corrected chi connectivity index (χ3v) is 3.29. The summed E-state index contributed by atoms with van der Waals surface area (Å²) < 4.78 is 12.7. The minimum Gasteiger partial charge on any atom is -0.352 e. The fourth-order valence-corrected chi connectivity index (χ4v) is 2.00. The lowest BCUT2D eigenvalue weighted by molar-refractivity contribution is 0.0954. The zero-order valence-electron chi connectivity index (χ0n) is 10.9. The van der Waals surface area contributed by atoms with E-state index in [1.54, 1.807) is 24.3 Å². The van der Waals surface area contributed by atoms with Gasteiger partial charge < -0.3 is 5.32 Å². The molecular weight excluding hydrogens is 277 g/mol. The fraction of sp³-hybridized carbons (Fsp3) is 0.188. The highest BCUT2D eigenvalue weighted by atomic mass is 35.5. The summed E-state index contributed by atoms with van der Waals surface area (Å²) in [4.78, 5) is 11.9. The number of halogens is 2. The van der Waals surface area contributed by atoms with Gasteiger partial charge in [-0.25, -0.2) is 4.39 Å². The Kier molecular flexibility index (Phi) is 5.13. The van der Waals surface area contributed by atoms with Gasteiger partial charge >= 0.3 is 0 Å². The van der Waals surface area contributed by atoms with Crippen molar-refractivity contribution in [1.82, 2.24) is 5.32 Å². The highest BCUT2D eigenvalue weighted by molar-refractivity contribution is 6.17. The Morgan fingerprint density at radius 3 is 2.20 bits per heavy atom. The molecule has 0 aromatic heterocycles. The van der Waals surface area contributed by atoms with Gasteiger partial charge in [0.2, 0.25) is 0 Å². The molecule has 0 saturated heterocycles. The van der Waals surface area contributed by atoms with Gasteiger partial charge in [0.1, 0.15) is 5.82 Å². The lowest BCUT2D eigenvalue weighted by atomic mass is 10.1. The van der Waals surface area contributed by atoms with E-state index >= 15 is 0 Å². The smallest absolute Gasteiger partial charge is 0.251 e. The standard InChI is InChI=1S/C16H15ClFNO/c17-11-13-1-5-14(6-2-13)16(20)19-10-9-12-3-7-15(18)8-4-12/h1-8H,9-11H2,(H,19,20). The van der Waals surface area contributed by atoms with Gasteiger partial charge in [-0.3, -0.25) is 4.79 Å². The summed E-state index contributed by atoms with van der Waals surface area (Å²) in [6.45, 7) is 0.516. The van der Waals surface area contributed by atoms with Gasteiger partial charge in [0.05, 0.1) is 0 Å². The van der Waals surface area contributed by atoms with Gasteiger partial charge in [-0.05, 0) is 41.8 Å². The van der Waals surface area contributed by atoms with E-state index in [0.29, 0.717) is 24.4 Å². The summed E-state index contributed by atoms with van der Waals surface area (Å²) in [5, 5.41) is 2.83. The molecule has 0 atom stereocenters. The first-order valence-electron chi connectivity index (χ1n) is 6.36. The lowest BCUT2D eigenvalue weighted by Gasteiger charge is -2.06. The molecule has 2 aromatic rings. The Labute approximate surface area is 122 Å². The summed E-state index contributed by atoms with van der Waals surface area (Å²) in [5.41, 5.74) is 2.58. The molecule has 0 spiro atoms. The summed E-state index contributed by atoms with van der Waals surface area (Å²) in [6.07, 6.45) is 0.672. The van der Waals surface area contributed by atoms with Crippen molar-refractivity contribution in [2.24, 2.45) is 0 Å². The van der Waals surface area contributed by atoms with Crippen molar-refractivity contribution in [3.8, 4) is 0 Å². The molecule has 0 saturated carbocycles. The van der Waals surface area contributed by atoms with Crippen LogP contribution < -0.4 is 5.32 Å². The van der Waals surface area contributed by atoms with Crippen molar-refractivity contribution in [3.05, 3.63) is 71.0 Å². The Hall–Kier alpha value is -1.87. The van der Waals surface area contributed by atoms with Gasteiger partial charge in [-0.15, -0.1) is 11.6 Å². The maximum Gasteiger partial charge on any atom is 0.251 e. The first-order chi connectivity index (χ1) is 9.69. The molecule has 20 heavy (non-hydrogen) atoms. The van der Waals surface area contributed by atoms with Gasteiger partial charge in [0, 0.05) is 18.0 Å². The van der Waals surface area contributed by atoms with E-state index in [1.807, 2.05) is 12.1 Å². The van der Waals surface area contributed by atoms with Crippen LogP contribution in [0.25, 0.3) is 0 Å². The van der Waals surface area contributed by atoms with Gasteiger partial charge in [0.25, 0.3) is 5.91 Å². The van der Waals surface area contributed by atoms with Crippen LogP contribution >= 0.6 is 11.6 Å². The largest absolute Gasteiger partial charge is 0.352 e. The minimum absolute atomic E-state index is 0.117. The second kappa shape index (κ2) is 7.06. The van der Waals surface area contributed by atoms with E-state index in [9.17, 15) is 9.18 Å². The maximum atomic E-state index is 12.7. The number of nitrogens with one attached hydrogen (secondary N) is 1. The third-order valence-electron chi connectivity index (χ3n) is 2.98. The maximum absolute atomic E-state index is 12.7. The molecule has 0 heterocycles. The van der Waals surface area contributed by atoms with Crippen molar-refractivity contribution in [2.75, 3.05) is 6.54 Å². The topological polar surface area (TPSA) is 29.1 Å². The summed E-state index contributed by atoms with van der Waals surface area (Å²) >= 11 is 5.69. The van der Waals surface area contributed by atoms with E-state index in [-0.39, 0.29) is 11.7 Å². The van der Waals surface area contributed by atoms with Crippen molar-refractivity contribution in [2.45, 2.75) is 12.3 Å². The Balaban J connectivity index is 1.83. The SMILES string of the molecule is O=C(NCCc1ccc(F)cc1)c1ccc(CCl)cc1. The first kappa shape index (κ1) is 14.5. The Morgan fingerprint density at radius 1 is 1.00 bits per heavy atom. The van der Waals surface area contributed by atoms with Crippen LogP contribution in [0.5, 0.6) is 0 Å². The molecule has 2 nitrogen and oxygen atoms in total. The Morgan fingerprint density at radius 2 is 1.60 bits per heavy atom. The number of benzene rings is 2. The van der Waals surface area contributed by atoms with Crippen LogP contribution in [0.15, 0.2) is 48.5 Å². The van der Waals surface area contributed by atoms with Crippen molar-refractivity contribution in [3.63, 3.8) is 0 Å². The molecule has 104 valence electrons. The number of amides is 1. The molecule has 1 N–H and O–H groups in total. The number of alkyl halides is 1. The zero-order chi connectivity index (χ0) is 14.4. The molecule has 0 fully saturated rings. The first-order valence-corrected chi connectivity index (χ1v) is 6.90. The van der Waals surface area contributed by atoms with Crippen LogP contribution in [0, 0.1) is 5.82 Å². The normalized spacial score (nSPS) is 10.3. The van der Waals surface area contributed by atoms with Crippen LogP contribution in [-0.4, -0.2) is 12.5 Å². The van der Waals surface area contributed by atoms with E-state index in [2.05, 4.69) is 5.32 Å². The molecule has 1 amide bonds. The summed E-state index contributed by atoms with van der Waals surface area (Å²) in [5.74, 6) is 0.0670. The van der Waals surface area contributed by atoms with Gasteiger partial charge in [0.15, 0.2) is 0 Å². The molecule has 4 heteroatoms. The highest BCUT2D eigenvalue weighted by Crippen LogP contribution is 2.07. The van der Waals surface area contributed by atoms with E-state index in [0.717, 1.165) is 11.1 Å². The van der Waals surface area contributed by atoms with Gasteiger partial charge in [-0.1, -0.05) is 24.3 Å². The molecule has 2 aromatic carbocycles. The monoisotopic (exact) mass is 291 g/mol. The van der Waals surface area contributed by atoms with Crippen LogP contribution in [0.4, 0.5) is 4.39 Å². The molecule has 0 radical (unpaired) electrons. The second-order valence-electron chi connectivity index (χ2n) is 4.46. The number of hydrogen-bond acceptors (Lipinski definition) is 1. The van der Waals surface area contributed by atoms with E-state index in [4.69, 9.17) is 11.6 Å². The minimum atomic E-state index is -0.253. The zero-order valence-corrected chi connectivity index (χ0v) is 11.7. The van der Waals surface area contributed by atoms with Crippen LogP contribution in [0.2, 0.25) is 0 Å². The predicted octanol–water partition coefficient (Wildman–Crippen LogP) is 3.54. The molecule has 0 aliphatic rings. The predicted molar refractivity (Wildman–Crippen MR) is 78.4 cm³/mol. The van der Waals surface area contributed by atoms with E-state index < -0.39 is 0 Å². The quantitative estimate of drug-likeness (QED) is 0.839. The molecule has 0 aliphatic heterocycles. The fourth-order valence-electron chi connectivity index (χ4n) is 1.82. The number of rotatable bonds is 5. The van der Waals surface area contributed by atoms with E-state index in [1.165, 1.54) is 12.1 Å². The molecular formula is C16H15ClFNO. The number of carbonyl (C=O) groups is 1. The number of carbonyl (C=O) groups excluding carboxylic acids is 1. The summed E-state index contributed by atoms with van der Waals surface area (Å²) in [6, 6.07) is 13.5. The van der Waals surface area contributed by atoms with Crippen LogP contribution in [-0.2, 0) is 12.3 Å². The second-order valence-corrected chi connectivity index (χ2v) is 4.73. The molecule has 0 unspecified atom stereocenters. The van der Waals surface area contributed by atoms with Crippen molar-refractivity contribution < 1.29 is 9.18 Å². The average Bonchev–Trinajstić information content (AvgIpc) is 2.49. The summed E-state index contributed by atoms with van der Waals surface area (Å²) in [7, 11) is 0. The number of hydrogen-bond donors (Lipinski definition) is 1. The third kappa shape index (κ3) is 4.07. The van der Waals surface area contributed by atoms with Crippen molar-refractivity contribution >= 4 is 17.5 Å². The molecule has 0 aliphatic carbocycles. The average molecular weight is 292 g/mol.